The van der Waals surface area contributed by atoms with E-state index in [4.69, 9.17) is 11.6 Å². The molecule has 0 bridgehead atoms. The molecule has 2 amide bonds. The number of benzene rings is 2. The van der Waals surface area contributed by atoms with Crippen molar-refractivity contribution in [1.82, 2.24) is 10.2 Å². The van der Waals surface area contributed by atoms with Crippen LogP contribution in [0.15, 0.2) is 48.5 Å². The number of hydrogen-bond acceptors (Lipinski definition) is 2. The lowest BCUT2D eigenvalue weighted by Gasteiger charge is -2.31. The highest BCUT2D eigenvalue weighted by Crippen LogP contribution is 2.19. The van der Waals surface area contributed by atoms with E-state index in [1.165, 1.54) is 11.1 Å². The molecule has 3 rings (SSSR count). The molecule has 0 saturated heterocycles. The molecule has 1 aliphatic heterocycles. The summed E-state index contributed by atoms with van der Waals surface area (Å²) in [5.74, 6) is -0.413. The van der Waals surface area contributed by atoms with Crippen molar-refractivity contribution in [2.45, 2.75) is 25.9 Å². The average molecular weight is 343 g/mol. The molecule has 2 aromatic rings. The van der Waals surface area contributed by atoms with E-state index in [1.54, 1.807) is 36.1 Å². The van der Waals surface area contributed by atoms with Crippen molar-refractivity contribution in [2.75, 3.05) is 6.54 Å². The number of carbonyl (C=O) groups is 2. The zero-order valence-electron chi connectivity index (χ0n) is 13.5. The van der Waals surface area contributed by atoms with Crippen molar-refractivity contribution in [1.29, 1.82) is 0 Å². The minimum absolute atomic E-state index is 0.0788. The molecule has 4 nitrogen and oxygen atoms in total. The van der Waals surface area contributed by atoms with Gasteiger partial charge in [-0.05, 0) is 36.6 Å². The standard InChI is InChI=1S/C19H19ClN2O2/c1-13(21-18(23)16-8-4-5-9-17(16)20)19(24)22-11-10-14-6-2-3-7-15(14)12-22/h2-9,13H,10-12H2,1H3,(H,21,23). The van der Waals surface area contributed by atoms with Crippen molar-refractivity contribution in [3.05, 3.63) is 70.2 Å². The Morgan fingerprint density at radius 2 is 1.75 bits per heavy atom. The van der Waals surface area contributed by atoms with Gasteiger partial charge in [0.25, 0.3) is 5.91 Å². The number of hydrogen-bond donors (Lipinski definition) is 1. The third kappa shape index (κ3) is 3.44. The molecule has 1 atom stereocenters. The Morgan fingerprint density at radius 1 is 1.08 bits per heavy atom. The van der Waals surface area contributed by atoms with Crippen molar-refractivity contribution >= 4 is 23.4 Å². The van der Waals surface area contributed by atoms with Crippen LogP contribution >= 0.6 is 11.6 Å². The van der Waals surface area contributed by atoms with E-state index in [0.717, 1.165) is 6.42 Å². The molecule has 0 saturated carbocycles. The number of amides is 2. The molecular formula is C19H19ClN2O2. The van der Waals surface area contributed by atoms with E-state index in [9.17, 15) is 9.59 Å². The number of halogens is 1. The summed E-state index contributed by atoms with van der Waals surface area (Å²) in [6.07, 6.45) is 0.840. The first-order valence-electron chi connectivity index (χ1n) is 7.97. The molecular weight excluding hydrogens is 324 g/mol. The van der Waals surface area contributed by atoms with Gasteiger partial charge >= 0.3 is 0 Å². The first-order valence-corrected chi connectivity index (χ1v) is 8.35. The van der Waals surface area contributed by atoms with E-state index in [-0.39, 0.29) is 11.8 Å². The lowest BCUT2D eigenvalue weighted by molar-refractivity contribution is -0.133. The van der Waals surface area contributed by atoms with Crippen LogP contribution in [0.4, 0.5) is 0 Å². The van der Waals surface area contributed by atoms with Gasteiger partial charge < -0.3 is 10.2 Å². The summed E-state index contributed by atoms with van der Waals surface area (Å²) in [7, 11) is 0. The predicted octanol–water partition coefficient (Wildman–Crippen LogP) is 3.04. The maximum Gasteiger partial charge on any atom is 0.253 e. The van der Waals surface area contributed by atoms with Gasteiger partial charge in [0.1, 0.15) is 6.04 Å². The second kappa shape index (κ2) is 7.05. The molecule has 0 radical (unpaired) electrons. The SMILES string of the molecule is CC(NC(=O)c1ccccc1Cl)C(=O)N1CCc2ccccc2C1. The van der Waals surface area contributed by atoms with Gasteiger partial charge in [0.05, 0.1) is 10.6 Å². The van der Waals surface area contributed by atoms with Crippen LogP contribution in [0.3, 0.4) is 0 Å². The molecule has 1 heterocycles. The summed E-state index contributed by atoms with van der Waals surface area (Å²) < 4.78 is 0. The minimum Gasteiger partial charge on any atom is -0.340 e. The largest absolute Gasteiger partial charge is 0.340 e. The third-order valence-electron chi connectivity index (χ3n) is 4.28. The summed E-state index contributed by atoms with van der Waals surface area (Å²) in [5.41, 5.74) is 2.83. The molecule has 1 N–H and O–H groups in total. The van der Waals surface area contributed by atoms with E-state index in [1.807, 2.05) is 18.2 Å². The smallest absolute Gasteiger partial charge is 0.253 e. The molecule has 24 heavy (non-hydrogen) atoms. The van der Waals surface area contributed by atoms with Crippen LogP contribution in [0.25, 0.3) is 0 Å². The average Bonchev–Trinajstić information content (AvgIpc) is 2.60. The highest BCUT2D eigenvalue weighted by atomic mass is 35.5. The van der Waals surface area contributed by atoms with Crippen molar-refractivity contribution in [3.63, 3.8) is 0 Å². The van der Waals surface area contributed by atoms with Crippen LogP contribution in [-0.2, 0) is 17.8 Å². The molecule has 0 aliphatic carbocycles. The summed E-state index contributed by atoms with van der Waals surface area (Å²) in [4.78, 5) is 26.7. The van der Waals surface area contributed by atoms with Gasteiger partial charge in [0, 0.05) is 13.1 Å². The first kappa shape index (κ1) is 16.5. The summed E-state index contributed by atoms with van der Waals surface area (Å²) >= 11 is 6.03. The van der Waals surface area contributed by atoms with E-state index in [0.29, 0.717) is 23.7 Å². The van der Waals surface area contributed by atoms with Gasteiger partial charge in [-0.15, -0.1) is 0 Å². The fourth-order valence-corrected chi connectivity index (χ4v) is 3.16. The van der Waals surface area contributed by atoms with Gasteiger partial charge in [-0.3, -0.25) is 9.59 Å². The quantitative estimate of drug-likeness (QED) is 0.932. The molecule has 2 aromatic carbocycles. The molecule has 124 valence electrons. The lowest BCUT2D eigenvalue weighted by atomic mass is 9.99. The maximum atomic E-state index is 12.6. The Hall–Kier alpha value is -2.33. The molecule has 0 fully saturated rings. The molecule has 1 unspecified atom stereocenters. The highest BCUT2D eigenvalue weighted by molar-refractivity contribution is 6.33. The van der Waals surface area contributed by atoms with Crippen molar-refractivity contribution in [2.24, 2.45) is 0 Å². The Labute approximate surface area is 146 Å². The van der Waals surface area contributed by atoms with Crippen molar-refractivity contribution < 1.29 is 9.59 Å². The Kier molecular flexibility index (Phi) is 4.86. The normalized spacial score (nSPS) is 14.7. The third-order valence-corrected chi connectivity index (χ3v) is 4.61. The van der Waals surface area contributed by atoms with Gasteiger partial charge in [-0.25, -0.2) is 0 Å². The predicted molar refractivity (Wildman–Crippen MR) is 93.9 cm³/mol. The molecule has 1 aliphatic rings. The molecule has 5 heteroatoms. The molecule has 0 aromatic heterocycles. The van der Waals surface area contributed by atoms with Crippen molar-refractivity contribution in [3.8, 4) is 0 Å². The Morgan fingerprint density at radius 3 is 2.50 bits per heavy atom. The molecule has 0 spiro atoms. The summed E-state index contributed by atoms with van der Waals surface area (Å²) in [5, 5.41) is 3.12. The fraction of sp³-hybridized carbons (Fsp3) is 0.263. The van der Waals surface area contributed by atoms with Crippen LogP contribution in [-0.4, -0.2) is 29.3 Å². The Bertz CT molecular complexity index is 775. The monoisotopic (exact) mass is 342 g/mol. The second-order valence-electron chi connectivity index (χ2n) is 5.95. The van der Waals surface area contributed by atoms with E-state index < -0.39 is 6.04 Å². The lowest BCUT2D eigenvalue weighted by Crippen LogP contribution is -2.48. The highest BCUT2D eigenvalue weighted by Gasteiger charge is 2.26. The number of rotatable bonds is 3. The topological polar surface area (TPSA) is 49.4 Å². The van der Waals surface area contributed by atoms with Gasteiger partial charge in [-0.1, -0.05) is 48.0 Å². The first-order chi connectivity index (χ1) is 11.6. The van der Waals surface area contributed by atoms with Crippen LogP contribution in [0.1, 0.15) is 28.4 Å². The summed E-state index contributed by atoms with van der Waals surface area (Å²) in [6, 6.07) is 14.4. The minimum atomic E-state index is -0.598. The number of fused-ring (bicyclic) bond motifs is 1. The van der Waals surface area contributed by atoms with Crippen LogP contribution in [0.2, 0.25) is 5.02 Å². The zero-order chi connectivity index (χ0) is 17.1. The van der Waals surface area contributed by atoms with Gasteiger partial charge in [0.2, 0.25) is 5.91 Å². The van der Waals surface area contributed by atoms with Crippen LogP contribution in [0, 0.1) is 0 Å². The van der Waals surface area contributed by atoms with E-state index >= 15 is 0 Å². The Balaban J connectivity index is 1.65. The fourth-order valence-electron chi connectivity index (χ4n) is 2.94. The van der Waals surface area contributed by atoms with E-state index in [2.05, 4.69) is 11.4 Å². The summed E-state index contributed by atoms with van der Waals surface area (Å²) in [6.45, 7) is 2.96. The van der Waals surface area contributed by atoms with Crippen LogP contribution in [0.5, 0.6) is 0 Å². The zero-order valence-corrected chi connectivity index (χ0v) is 14.2. The number of nitrogens with one attached hydrogen (secondary N) is 1. The van der Waals surface area contributed by atoms with Gasteiger partial charge in [0.15, 0.2) is 0 Å². The second-order valence-corrected chi connectivity index (χ2v) is 6.36. The number of nitrogens with zero attached hydrogens (tertiary/aromatic N) is 1. The van der Waals surface area contributed by atoms with Gasteiger partial charge in [-0.2, -0.15) is 0 Å². The maximum absolute atomic E-state index is 12.6. The van der Waals surface area contributed by atoms with Crippen LogP contribution < -0.4 is 5.32 Å². The number of carbonyl (C=O) groups excluding carboxylic acids is 2.